The normalized spacial score (nSPS) is 16.4. The molecule has 1 aromatic heterocycles. The van der Waals surface area contributed by atoms with Crippen molar-refractivity contribution in [2.24, 2.45) is 0 Å². The highest BCUT2D eigenvalue weighted by atomic mass is 19.1. The summed E-state index contributed by atoms with van der Waals surface area (Å²) in [6, 6.07) is 9.51. The maximum Gasteiger partial charge on any atom is 0.242 e. The van der Waals surface area contributed by atoms with Gasteiger partial charge < -0.3 is 10.1 Å². The van der Waals surface area contributed by atoms with Crippen LogP contribution in [0.5, 0.6) is 0 Å². The standard InChI is InChI=1S/C19H22FN3O2/c1-14-4-3-7-21-17(14)13-22-19(24)18(23-8-10-25-11-9-23)15-5-2-6-16(20)12-15/h2-7,12,18H,8-11,13H2,1H3,(H,22,24)/t18-/m1/s1. The van der Waals surface area contributed by atoms with Gasteiger partial charge in [0.25, 0.3) is 0 Å². The number of rotatable bonds is 5. The first-order valence-electron chi connectivity index (χ1n) is 8.40. The molecule has 1 atom stereocenters. The van der Waals surface area contributed by atoms with Gasteiger partial charge in [0.1, 0.15) is 11.9 Å². The number of amides is 1. The number of carbonyl (C=O) groups excluding carboxylic acids is 1. The number of aromatic nitrogens is 1. The van der Waals surface area contributed by atoms with E-state index in [0.29, 0.717) is 38.4 Å². The van der Waals surface area contributed by atoms with Crippen LogP contribution in [0.1, 0.15) is 22.9 Å². The molecule has 5 nitrogen and oxygen atoms in total. The molecule has 1 amide bonds. The molecule has 1 N–H and O–H groups in total. The number of hydrogen-bond donors (Lipinski definition) is 1. The number of carbonyl (C=O) groups is 1. The fourth-order valence-corrected chi connectivity index (χ4v) is 3.01. The third-order valence-electron chi connectivity index (χ3n) is 4.37. The molecular formula is C19H22FN3O2. The Morgan fingerprint density at radius 2 is 2.12 bits per heavy atom. The van der Waals surface area contributed by atoms with Crippen LogP contribution in [-0.4, -0.2) is 42.1 Å². The first-order valence-corrected chi connectivity index (χ1v) is 8.40. The Morgan fingerprint density at radius 3 is 2.84 bits per heavy atom. The average molecular weight is 343 g/mol. The number of pyridine rings is 1. The van der Waals surface area contributed by atoms with Gasteiger partial charge in [-0.15, -0.1) is 0 Å². The summed E-state index contributed by atoms with van der Waals surface area (Å²) in [5.41, 5.74) is 2.50. The van der Waals surface area contributed by atoms with Crippen molar-refractivity contribution >= 4 is 5.91 Å². The molecule has 25 heavy (non-hydrogen) atoms. The van der Waals surface area contributed by atoms with Crippen LogP contribution in [0.15, 0.2) is 42.6 Å². The zero-order valence-corrected chi connectivity index (χ0v) is 14.2. The van der Waals surface area contributed by atoms with Crippen LogP contribution in [0.2, 0.25) is 0 Å². The lowest BCUT2D eigenvalue weighted by Crippen LogP contribution is -2.45. The molecule has 1 fully saturated rings. The molecular weight excluding hydrogens is 321 g/mol. The summed E-state index contributed by atoms with van der Waals surface area (Å²) in [5, 5.41) is 2.95. The monoisotopic (exact) mass is 343 g/mol. The molecule has 2 heterocycles. The fourth-order valence-electron chi connectivity index (χ4n) is 3.01. The van der Waals surface area contributed by atoms with E-state index in [1.54, 1.807) is 18.3 Å². The van der Waals surface area contributed by atoms with Crippen molar-refractivity contribution < 1.29 is 13.9 Å². The molecule has 1 aliphatic heterocycles. The van der Waals surface area contributed by atoms with E-state index in [0.717, 1.165) is 11.3 Å². The van der Waals surface area contributed by atoms with Crippen LogP contribution in [0.3, 0.4) is 0 Å². The molecule has 0 unspecified atom stereocenters. The van der Waals surface area contributed by atoms with Crippen molar-refractivity contribution in [3.63, 3.8) is 0 Å². The minimum atomic E-state index is -0.538. The topological polar surface area (TPSA) is 54.5 Å². The molecule has 0 spiro atoms. The molecule has 0 aliphatic carbocycles. The van der Waals surface area contributed by atoms with Crippen LogP contribution in [0.25, 0.3) is 0 Å². The van der Waals surface area contributed by atoms with Crippen LogP contribution >= 0.6 is 0 Å². The summed E-state index contributed by atoms with van der Waals surface area (Å²) >= 11 is 0. The average Bonchev–Trinajstić information content (AvgIpc) is 2.62. The number of halogens is 1. The summed E-state index contributed by atoms with van der Waals surface area (Å²) in [4.78, 5) is 19.2. The van der Waals surface area contributed by atoms with Crippen molar-refractivity contribution in [1.82, 2.24) is 15.2 Å². The highest BCUT2D eigenvalue weighted by Gasteiger charge is 2.29. The van der Waals surface area contributed by atoms with E-state index in [4.69, 9.17) is 4.74 Å². The first-order chi connectivity index (χ1) is 12.1. The van der Waals surface area contributed by atoms with Crippen LogP contribution in [0, 0.1) is 12.7 Å². The Balaban J connectivity index is 1.78. The molecule has 1 aliphatic rings. The summed E-state index contributed by atoms with van der Waals surface area (Å²) in [6.45, 7) is 4.72. The third kappa shape index (κ3) is 4.41. The fraction of sp³-hybridized carbons (Fsp3) is 0.368. The van der Waals surface area contributed by atoms with Gasteiger partial charge in [0.15, 0.2) is 0 Å². The van der Waals surface area contributed by atoms with E-state index >= 15 is 0 Å². The molecule has 2 aromatic rings. The molecule has 1 saturated heterocycles. The van der Waals surface area contributed by atoms with E-state index in [-0.39, 0.29) is 11.7 Å². The van der Waals surface area contributed by atoms with Crippen molar-refractivity contribution in [3.05, 3.63) is 65.2 Å². The second-order valence-corrected chi connectivity index (χ2v) is 6.09. The highest BCUT2D eigenvalue weighted by Crippen LogP contribution is 2.23. The summed E-state index contributed by atoms with van der Waals surface area (Å²) in [7, 11) is 0. The van der Waals surface area contributed by atoms with E-state index < -0.39 is 6.04 Å². The largest absolute Gasteiger partial charge is 0.379 e. The molecule has 0 saturated carbocycles. The van der Waals surface area contributed by atoms with Gasteiger partial charge in [-0.2, -0.15) is 0 Å². The molecule has 6 heteroatoms. The number of aryl methyl sites for hydroxylation is 1. The van der Waals surface area contributed by atoms with Gasteiger partial charge in [-0.3, -0.25) is 14.7 Å². The van der Waals surface area contributed by atoms with E-state index in [9.17, 15) is 9.18 Å². The van der Waals surface area contributed by atoms with Gasteiger partial charge in [-0.25, -0.2) is 4.39 Å². The quantitative estimate of drug-likeness (QED) is 0.904. The predicted molar refractivity (Wildman–Crippen MR) is 92.4 cm³/mol. The van der Waals surface area contributed by atoms with Gasteiger partial charge in [0, 0.05) is 19.3 Å². The zero-order valence-electron chi connectivity index (χ0n) is 14.2. The Kier molecular flexibility index (Phi) is 5.73. The van der Waals surface area contributed by atoms with Gasteiger partial charge in [0.05, 0.1) is 25.5 Å². The number of morpholine rings is 1. The summed E-state index contributed by atoms with van der Waals surface area (Å²) in [6.07, 6.45) is 1.71. The maximum absolute atomic E-state index is 13.7. The van der Waals surface area contributed by atoms with Gasteiger partial charge in [-0.1, -0.05) is 18.2 Å². The number of benzene rings is 1. The van der Waals surface area contributed by atoms with Crippen molar-refractivity contribution in [1.29, 1.82) is 0 Å². The Labute approximate surface area is 146 Å². The number of nitrogens with zero attached hydrogens (tertiary/aromatic N) is 2. The van der Waals surface area contributed by atoms with Crippen molar-refractivity contribution in [2.45, 2.75) is 19.5 Å². The summed E-state index contributed by atoms with van der Waals surface area (Å²) in [5.74, 6) is -0.498. The van der Waals surface area contributed by atoms with Crippen LogP contribution in [-0.2, 0) is 16.1 Å². The Bertz CT molecular complexity index is 732. The number of hydrogen-bond acceptors (Lipinski definition) is 4. The second kappa shape index (κ2) is 8.18. The molecule has 0 radical (unpaired) electrons. The third-order valence-corrected chi connectivity index (χ3v) is 4.37. The molecule has 3 rings (SSSR count). The molecule has 1 aromatic carbocycles. The van der Waals surface area contributed by atoms with Gasteiger partial charge in [0.2, 0.25) is 5.91 Å². The lowest BCUT2D eigenvalue weighted by atomic mass is 10.0. The first kappa shape index (κ1) is 17.5. The van der Waals surface area contributed by atoms with E-state index in [1.165, 1.54) is 12.1 Å². The second-order valence-electron chi connectivity index (χ2n) is 6.09. The molecule has 132 valence electrons. The molecule has 0 bridgehead atoms. The maximum atomic E-state index is 13.7. The smallest absolute Gasteiger partial charge is 0.242 e. The van der Waals surface area contributed by atoms with Gasteiger partial charge >= 0.3 is 0 Å². The van der Waals surface area contributed by atoms with E-state index in [1.807, 2.05) is 24.0 Å². The van der Waals surface area contributed by atoms with Crippen LogP contribution in [0.4, 0.5) is 4.39 Å². The number of ether oxygens (including phenoxy) is 1. The van der Waals surface area contributed by atoms with Crippen molar-refractivity contribution in [2.75, 3.05) is 26.3 Å². The minimum absolute atomic E-state index is 0.155. The minimum Gasteiger partial charge on any atom is -0.379 e. The number of nitrogens with one attached hydrogen (secondary N) is 1. The lowest BCUT2D eigenvalue weighted by Gasteiger charge is -2.33. The predicted octanol–water partition coefficient (Wildman–Crippen LogP) is 2.22. The zero-order chi connectivity index (χ0) is 17.6. The highest BCUT2D eigenvalue weighted by molar-refractivity contribution is 5.83. The summed E-state index contributed by atoms with van der Waals surface area (Å²) < 4.78 is 19.1. The van der Waals surface area contributed by atoms with Crippen LogP contribution < -0.4 is 5.32 Å². The van der Waals surface area contributed by atoms with E-state index in [2.05, 4.69) is 10.3 Å². The SMILES string of the molecule is Cc1cccnc1CNC(=O)[C@@H](c1cccc(F)c1)N1CCOCC1. The lowest BCUT2D eigenvalue weighted by molar-refractivity contribution is -0.128. The Hall–Kier alpha value is -2.31. The van der Waals surface area contributed by atoms with Crippen molar-refractivity contribution in [3.8, 4) is 0 Å². The Morgan fingerprint density at radius 1 is 1.32 bits per heavy atom. The van der Waals surface area contributed by atoms with Gasteiger partial charge in [-0.05, 0) is 36.2 Å².